The van der Waals surface area contributed by atoms with Gasteiger partial charge in [-0.05, 0) is 24.5 Å². The van der Waals surface area contributed by atoms with Crippen LogP contribution in [0.15, 0.2) is 24.3 Å². The van der Waals surface area contributed by atoms with Crippen molar-refractivity contribution in [3.8, 4) is 5.75 Å². The third kappa shape index (κ3) is 4.27. The Labute approximate surface area is 102 Å². The highest BCUT2D eigenvalue weighted by molar-refractivity contribution is 5.70. The molecule has 3 nitrogen and oxygen atoms in total. The van der Waals surface area contributed by atoms with Gasteiger partial charge in [-0.25, -0.2) is 0 Å². The van der Waals surface area contributed by atoms with Crippen molar-refractivity contribution in [2.45, 2.75) is 26.1 Å². The Kier molecular flexibility index (Phi) is 4.58. The Morgan fingerprint density at radius 1 is 1.39 bits per heavy atom. The maximum absolute atomic E-state index is 12.2. The first-order valence-corrected chi connectivity index (χ1v) is 5.40. The van der Waals surface area contributed by atoms with E-state index >= 15 is 0 Å². The number of hydrogen-bond acceptors (Lipinski definition) is 2. The third-order valence-electron chi connectivity index (χ3n) is 2.51. The first-order chi connectivity index (χ1) is 8.33. The number of carbonyl (C=O) groups is 1. The van der Waals surface area contributed by atoms with E-state index in [4.69, 9.17) is 5.11 Å². The highest BCUT2D eigenvalue weighted by Crippen LogP contribution is 2.28. The van der Waals surface area contributed by atoms with Crippen LogP contribution in [-0.4, -0.2) is 17.4 Å². The molecule has 1 rings (SSSR count). The Morgan fingerprint density at radius 3 is 2.50 bits per heavy atom. The van der Waals surface area contributed by atoms with E-state index in [2.05, 4.69) is 4.74 Å². The molecule has 1 N–H and O–H groups in total. The van der Waals surface area contributed by atoms with E-state index < -0.39 is 18.2 Å². The summed E-state index contributed by atoms with van der Waals surface area (Å²) in [4.78, 5) is 10.9. The number of hydrogen-bond donors (Lipinski definition) is 1. The summed E-state index contributed by atoms with van der Waals surface area (Å²) < 4.78 is 40.3. The van der Waals surface area contributed by atoms with E-state index in [-0.39, 0.29) is 17.7 Å². The highest BCUT2D eigenvalue weighted by atomic mass is 19.4. The first-order valence-electron chi connectivity index (χ1n) is 5.40. The van der Waals surface area contributed by atoms with E-state index in [9.17, 15) is 18.0 Å². The molecular formula is C12H13F3O3. The van der Waals surface area contributed by atoms with Crippen LogP contribution < -0.4 is 4.74 Å². The molecular weight excluding hydrogens is 249 g/mol. The third-order valence-corrected chi connectivity index (χ3v) is 2.51. The number of benzene rings is 1. The molecule has 6 heteroatoms. The molecule has 0 amide bonds. The Bertz CT molecular complexity index is 415. The predicted octanol–water partition coefficient (Wildman–Crippen LogP) is 3.24. The van der Waals surface area contributed by atoms with Gasteiger partial charge in [0.1, 0.15) is 5.75 Å². The Hall–Kier alpha value is -1.72. The van der Waals surface area contributed by atoms with Gasteiger partial charge in [0.15, 0.2) is 0 Å². The van der Waals surface area contributed by atoms with E-state index in [0.29, 0.717) is 6.42 Å². The standard InChI is InChI=1S/C12H13F3O3/c1-2-8(11(16)17)7-9-5-3-4-6-10(9)18-12(13,14)15/h3-6,8H,2,7H2,1H3,(H,16,17). The molecule has 1 aromatic carbocycles. The van der Waals surface area contributed by atoms with Gasteiger partial charge in [-0.15, -0.1) is 13.2 Å². The van der Waals surface area contributed by atoms with Gasteiger partial charge in [0, 0.05) is 0 Å². The van der Waals surface area contributed by atoms with E-state index in [0.717, 1.165) is 0 Å². The molecule has 0 aromatic heterocycles. The number of ether oxygens (including phenoxy) is 1. The number of carboxylic acids is 1. The zero-order valence-electron chi connectivity index (χ0n) is 9.70. The second kappa shape index (κ2) is 5.75. The van der Waals surface area contributed by atoms with Gasteiger partial charge in [-0.3, -0.25) is 4.79 Å². The van der Waals surface area contributed by atoms with Crippen molar-refractivity contribution in [2.75, 3.05) is 0 Å². The molecule has 0 fully saturated rings. The van der Waals surface area contributed by atoms with Gasteiger partial charge >= 0.3 is 12.3 Å². The average Bonchev–Trinajstić information content (AvgIpc) is 2.25. The van der Waals surface area contributed by atoms with Crippen LogP contribution in [0.3, 0.4) is 0 Å². The molecule has 0 radical (unpaired) electrons. The minimum Gasteiger partial charge on any atom is -0.481 e. The molecule has 0 aliphatic carbocycles. The summed E-state index contributed by atoms with van der Waals surface area (Å²) in [7, 11) is 0. The first kappa shape index (κ1) is 14.3. The van der Waals surface area contributed by atoms with Crippen LogP contribution in [0.25, 0.3) is 0 Å². The number of carboxylic acid groups (broad SMARTS) is 1. The fourth-order valence-electron chi connectivity index (χ4n) is 1.57. The summed E-state index contributed by atoms with van der Waals surface area (Å²) >= 11 is 0. The van der Waals surface area contributed by atoms with Crippen LogP contribution in [0.5, 0.6) is 5.75 Å². The molecule has 1 unspecified atom stereocenters. The normalized spacial score (nSPS) is 13.1. The molecule has 1 atom stereocenters. The summed E-state index contributed by atoms with van der Waals surface area (Å²) in [5, 5.41) is 8.89. The lowest BCUT2D eigenvalue weighted by atomic mass is 9.96. The summed E-state index contributed by atoms with van der Waals surface area (Å²) in [6.07, 6.45) is -4.42. The lowest BCUT2D eigenvalue weighted by Gasteiger charge is -2.15. The minimum atomic E-state index is -4.78. The topological polar surface area (TPSA) is 46.5 Å². The molecule has 0 bridgehead atoms. The summed E-state index contributed by atoms with van der Waals surface area (Å²) in [6, 6.07) is 5.57. The van der Waals surface area contributed by atoms with E-state index in [1.807, 2.05) is 0 Å². The van der Waals surface area contributed by atoms with Crippen LogP contribution in [-0.2, 0) is 11.2 Å². The minimum absolute atomic E-state index is 0.0120. The molecule has 1 aromatic rings. The molecule has 18 heavy (non-hydrogen) atoms. The van der Waals surface area contributed by atoms with Crippen molar-refractivity contribution in [3.05, 3.63) is 29.8 Å². The maximum Gasteiger partial charge on any atom is 0.573 e. The molecule has 0 saturated carbocycles. The fraction of sp³-hybridized carbons (Fsp3) is 0.417. The second-order valence-corrected chi connectivity index (χ2v) is 3.80. The highest BCUT2D eigenvalue weighted by Gasteiger charge is 2.32. The number of para-hydroxylation sites is 1. The van der Waals surface area contributed by atoms with Crippen molar-refractivity contribution >= 4 is 5.97 Å². The van der Waals surface area contributed by atoms with Crippen molar-refractivity contribution in [3.63, 3.8) is 0 Å². The summed E-state index contributed by atoms with van der Waals surface area (Å²) in [5.41, 5.74) is 0.240. The van der Waals surface area contributed by atoms with E-state index in [1.54, 1.807) is 13.0 Å². The Balaban J connectivity index is 2.91. The molecule has 0 heterocycles. The van der Waals surface area contributed by atoms with Crippen LogP contribution in [0.4, 0.5) is 13.2 Å². The molecule has 0 aliphatic heterocycles. The zero-order valence-corrected chi connectivity index (χ0v) is 9.70. The van der Waals surface area contributed by atoms with Crippen LogP contribution in [0.1, 0.15) is 18.9 Å². The van der Waals surface area contributed by atoms with Gasteiger partial charge in [0.05, 0.1) is 5.92 Å². The number of alkyl halides is 3. The number of aliphatic carboxylic acids is 1. The Morgan fingerprint density at radius 2 is 2.00 bits per heavy atom. The number of rotatable bonds is 5. The lowest BCUT2D eigenvalue weighted by Crippen LogP contribution is -2.20. The van der Waals surface area contributed by atoms with Gasteiger partial charge in [0.25, 0.3) is 0 Å². The van der Waals surface area contributed by atoms with Crippen molar-refractivity contribution in [2.24, 2.45) is 5.92 Å². The average molecular weight is 262 g/mol. The van der Waals surface area contributed by atoms with E-state index in [1.165, 1.54) is 18.2 Å². The molecule has 0 aliphatic rings. The predicted molar refractivity (Wildman–Crippen MR) is 58.2 cm³/mol. The van der Waals surface area contributed by atoms with Gasteiger partial charge < -0.3 is 9.84 Å². The van der Waals surface area contributed by atoms with Crippen LogP contribution in [0, 0.1) is 5.92 Å². The smallest absolute Gasteiger partial charge is 0.481 e. The largest absolute Gasteiger partial charge is 0.573 e. The van der Waals surface area contributed by atoms with Crippen molar-refractivity contribution in [1.82, 2.24) is 0 Å². The monoisotopic (exact) mass is 262 g/mol. The quantitative estimate of drug-likeness (QED) is 0.886. The number of halogens is 3. The molecule has 0 saturated heterocycles. The zero-order chi connectivity index (χ0) is 13.8. The lowest BCUT2D eigenvalue weighted by molar-refractivity contribution is -0.274. The summed E-state index contributed by atoms with van der Waals surface area (Å²) in [6.45, 7) is 1.67. The maximum atomic E-state index is 12.2. The summed E-state index contributed by atoms with van der Waals surface area (Å²) in [5.74, 6) is -2.09. The van der Waals surface area contributed by atoms with Crippen molar-refractivity contribution in [1.29, 1.82) is 0 Å². The van der Waals surface area contributed by atoms with Gasteiger partial charge in [0.2, 0.25) is 0 Å². The second-order valence-electron chi connectivity index (χ2n) is 3.80. The molecule has 0 spiro atoms. The fourth-order valence-corrected chi connectivity index (χ4v) is 1.57. The van der Waals surface area contributed by atoms with Crippen molar-refractivity contribution < 1.29 is 27.8 Å². The SMILES string of the molecule is CCC(Cc1ccccc1OC(F)(F)F)C(=O)O. The van der Waals surface area contributed by atoms with Crippen LogP contribution in [0.2, 0.25) is 0 Å². The molecule has 100 valence electrons. The van der Waals surface area contributed by atoms with Gasteiger partial charge in [-0.1, -0.05) is 25.1 Å². The van der Waals surface area contributed by atoms with Gasteiger partial charge in [-0.2, -0.15) is 0 Å². The van der Waals surface area contributed by atoms with Crippen LogP contribution >= 0.6 is 0 Å².